The number of carbonyl (C=O) groups is 2. The summed E-state index contributed by atoms with van der Waals surface area (Å²) < 4.78 is 0. The highest BCUT2D eigenvalue weighted by molar-refractivity contribution is 6.03. The number of hydrogen-bond donors (Lipinski definition) is 1. The van der Waals surface area contributed by atoms with E-state index in [1.165, 1.54) is 0 Å². The highest BCUT2D eigenvalue weighted by Gasteiger charge is 2.14. The topological polar surface area (TPSA) is 49.4 Å². The molecule has 31 heavy (non-hydrogen) atoms. The highest BCUT2D eigenvalue weighted by Crippen LogP contribution is 2.20. The summed E-state index contributed by atoms with van der Waals surface area (Å²) in [5.74, 6) is -0.0845. The standard InChI is InChI=1S/C27H28N2O2/c1-2-19-28-26(30)20-23-13-16-25(17-14-23)29(21-24-11-7-4-8-12-24)27(31)18-15-22-9-5-3-6-10-22/h3-18H,2,19-21H2,1H3,(H,28,30)/b18-15+. The maximum absolute atomic E-state index is 13.1. The molecule has 3 aromatic carbocycles. The summed E-state index contributed by atoms with van der Waals surface area (Å²) in [4.78, 5) is 26.8. The number of nitrogens with zero attached hydrogens (tertiary/aromatic N) is 1. The van der Waals surface area contributed by atoms with Gasteiger partial charge in [0.05, 0.1) is 13.0 Å². The maximum atomic E-state index is 13.1. The van der Waals surface area contributed by atoms with Crippen LogP contribution in [-0.2, 0) is 22.6 Å². The van der Waals surface area contributed by atoms with Crippen molar-refractivity contribution in [3.8, 4) is 0 Å². The van der Waals surface area contributed by atoms with E-state index in [4.69, 9.17) is 0 Å². The van der Waals surface area contributed by atoms with E-state index in [0.717, 1.165) is 28.8 Å². The van der Waals surface area contributed by atoms with Gasteiger partial charge in [0.1, 0.15) is 0 Å². The Bertz CT molecular complexity index is 996. The largest absolute Gasteiger partial charge is 0.356 e. The molecule has 2 amide bonds. The number of benzene rings is 3. The molecule has 158 valence electrons. The second-order valence-electron chi connectivity index (χ2n) is 7.35. The zero-order chi connectivity index (χ0) is 21.9. The minimum Gasteiger partial charge on any atom is -0.356 e. The lowest BCUT2D eigenvalue weighted by atomic mass is 10.1. The first-order chi connectivity index (χ1) is 15.2. The average molecular weight is 413 g/mol. The van der Waals surface area contributed by atoms with Gasteiger partial charge in [-0.15, -0.1) is 0 Å². The zero-order valence-corrected chi connectivity index (χ0v) is 17.8. The second-order valence-corrected chi connectivity index (χ2v) is 7.35. The van der Waals surface area contributed by atoms with Crippen molar-refractivity contribution >= 4 is 23.6 Å². The van der Waals surface area contributed by atoms with Crippen LogP contribution in [0.3, 0.4) is 0 Å². The first kappa shape index (κ1) is 22.0. The second kappa shape index (κ2) is 11.5. The minimum atomic E-state index is -0.0962. The number of anilines is 1. The smallest absolute Gasteiger partial charge is 0.251 e. The Morgan fingerprint density at radius 1 is 0.839 bits per heavy atom. The number of carbonyl (C=O) groups excluding carboxylic acids is 2. The molecule has 0 saturated heterocycles. The Labute approximate surface area is 184 Å². The van der Waals surface area contributed by atoms with E-state index in [1.54, 1.807) is 11.0 Å². The molecule has 0 aromatic heterocycles. The molecule has 0 bridgehead atoms. The van der Waals surface area contributed by atoms with E-state index in [9.17, 15) is 9.59 Å². The monoisotopic (exact) mass is 412 g/mol. The van der Waals surface area contributed by atoms with Gasteiger partial charge in [-0.2, -0.15) is 0 Å². The van der Waals surface area contributed by atoms with E-state index in [0.29, 0.717) is 19.5 Å². The van der Waals surface area contributed by atoms with Crippen molar-refractivity contribution in [3.63, 3.8) is 0 Å². The lowest BCUT2D eigenvalue weighted by Crippen LogP contribution is -2.29. The van der Waals surface area contributed by atoms with Gasteiger partial charge in [0, 0.05) is 18.3 Å². The van der Waals surface area contributed by atoms with Gasteiger partial charge in [-0.25, -0.2) is 0 Å². The Morgan fingerprint density at radius 2 is 1.48 bits per heavy atom. The predicted molar refractivity (Wildman–Crippen MR) is 127 cm³/mol. The Morgan fingerprint density at radius 3 is 2.13 bits per heavy atom. The number of amides is 2. The number of rotatable bonds is 9. The molecule has 0 aliphatic carbocycles. The van der Waals surface area contributed by atoms with Crippen LogP contribution in [0.1, 0.15) is 30.0 Å². The lowest BCUT2D eigenvalue weighted by molar-refractivity contribution is -0.120. The van der Waals surface area contributed by atoms with Gasteiger partial charge in [0.15, 0.2) is 0 Å². The number of hydrogen-bond acceptors (Lipinski definition) is 2. The van der Waals surface area contributed by atoms with Crippen LogP contribution in [0.4, 0.5) is 5.69 Å². The molecule has 0 atom stereocenters. The molecule has 0 saturated carbocycles. The molecular formula is C27H28N2O2. The fraction of sp³-hybridized carbons (Fsp3) is 0.185. The molecule has 0 aliphatic heterocycles. The van der Waals surface area contributed by atoms with Gasteiger partial charge in [-0.1, -0.05) is 79.7 Å². The molecule has 4 nitrogen and oxygen atoms in total. The molecule has 0 spiro atoms. The summed E-state index contributed by atoms with van der Waals surface area (Å²) in [5, 5.41) is 2.89. The van der Waals surface area contributed by atoms with E-state index in [-0.39, 0.29) is 11.8 Å². The normalized spacial score (nSPS) is 10.7. The van der Waals surface area contributed by atoms with Crippen LogP contribution in [0.25, 0.3) is 6.08 Å². The van der Waals surface area contributed by atoms with E-state index in [2.05, 4.69) is 5.32 Å². The number of nitrogens with one attached hydrogen (secondary N) is 1. The van der Waals surface area contributed by atoms with Crippen molar-refractivity contribution in [1.82, 2.24) is 5.32 Å². The van der Waals surface area contributed by atoms with Crippen LogP contribution in [0.15, 0.2) is 91.0 Å². The molecule has 1 N–H and O–H groups in total. The summed E-state index contributed by atoms with van der Waals surface area (Å²) in [7, 11) is 0. The third kappa shape index (κ3) is 6.96. The average Bonchev–Trinajstić information content (AvgIpc) is 2.81. The van der Waals surface area contributed by atoms with Crippen LogP contribution < -0.4 is 10.2 Å². The molecule has 0 heterocycles. The molecule has 0 aliphatic rings. The van der Waals surface area contributed by atoms with E-state index >= 15 is 0 Å². The van der Waals surface area contributed by atoms with Crippen molar-refractivity contribution in [2.45, 2.75) is 26.3 Å². The molecule has 0 unspecified atom stereocenters. The highest BCUT2D eigenvalue weighted by atomic mass is 16.2. The molecular weight excluding hydrogens is 384 g/mol. The van der Waals surface area contributed by atoms with Crippen LogP contribution in [0, 0.1) is 0 Å². The summed E-state index contributed by atoms with van der Waals surface area (Å²) >= 11 is 0. The van der Waals surface area contributed by atoms with E-state index in [1.807, 2.05) is 97.9 Å². The first-order valence-electron chi connectivity index (χ1n) is 10.6. The molecule has 3 aromatic rings. The molecule has 3 rings (SSSR count). The maximum Gasteiger partial charge on any atom is 0.251 e. The SMILES string of the molecule is CCCNC(=O)Cc1ccc(N(Cc2ccccc2)C(=O)/C=C/c2ccccc2)cc1. The molecule has 0 radical (unpaired) electrons. The molecule has 4 heteroatoms. The molecule has 0 fully saturated rings. The first-order valence-corrected chi connectivity index (χ1v) is 10.6. The van der Waals surface area contributed by atoms with Gasteiger partial charge in [-0.3, -0.25) is 9.59 Å². The van der Waals surface area contributed by atoms with Crippen molar-refractivity contribution in [2.75, 3.05) is 11.4 Å². The summed E-state index contributed by atoms with van der Waals surface area (Å²) in [5.41, 5.74) is 3.74. The third-order valence-corrected chi connectivity index (χ3v) is 4.85. The van der Waals surface area contributed by atoms with Gasteiger partial charge in [0.25, 0.3) is 5.91 Å². The van der Waals surface area contributed by atoms with E-state index < -0.39 is 0 Å². The lowest BCUT2D eigenvalue weighted by Gasteiger charge is -2.22. The quantitative estimate of drug-likeness (QED) is 0.503. The Hall–Kier alpha value is -3.66. The van der Waals surface area contributed by atoms with Crippen LogP contribution >= 0.6 is 0 Å². The van der Waals surface area contributed by atoms with Crippen LogP contribution in [0.2, 0.25) is 0 Å². The fourth-order valence-corrected chi connectivity index (χ4v) is 3.19. The fourth-order valence-electron chi connectivity index (χ4n) is 3.19. The third-order valence-electron chi connectivity index (χ3n) is 4.85. The van der Waals surface area contributed by atoms with Gasteiger partial charge >= 0.3 is 0 Å². The summed E-state index contributed by atoms with van der Waals surface area (Å²) in [6.07, 6.45) is 4.68. The van der Waals surface area contributed by atoms with Gasteiger partial charge < -0.3 is 10.2 Å². The van der Waals surface area contributed by atoms with Gasteiger partial charge in [-0.05, 0) is 41.3 Å². The summed E-state index contributed by atoms with van der Waals surface area (Å²) in [6, 6.07) is 27.3. The predicted octanol–water partition coefficient (Wildman–Crippen LogP) is 5.00. The van der Waals surface area contributed by atoms with Crippen molar-refractivity contribution < 1.29 is 9.59 Å². The van der Waals surface area contributed by atoms with Crippen molar-refractivity contribution in [1.29, 1.82) is 0 Å². The minimum absolute atomic E-state index is 0.0117. The Balaban J connectivity index is 1.78. The van der Waals surface area contributed by atoms with Crippen LogP contribution in [0.5, 0.6) is 0 Å². The zero-order valence-electron chi connectivity index (χ0n) is 17.8. The van der Waals surface area contributed by atoms with Crippen molar-refractivity contribution in [2.24, 2.45) is 0 Å². The van der Waals surface area contributed by atoms with Crippen LogP contribution in [-0.4, -0.2) is 18.4 Å². The van der Waals surface area contributed by atoms with Gasteiger partial charge in [0.2, 0.25) is 5.91 Å². The Kier molecular flexibility index (Phi) is 8.18. The summed E-state index contributed by atoms with van der Waals surface area (Å²) in [6.45, 7) is 3.18. The van der Waals surface area contributed by atoms with Crippen molar-refractivity contribution in [3.05, 3.63) is 108 Å².